The summed E-state index contributed by atoms with van der Waals surface area (Å²) < 4.78 is 5.76. The van der Waals surface area contributed by atoms with Crippen molar-refractivity contribution in [3.05, 3.63) is 18.2 Å². The number of nitrogens with zero attached hydrogens (tertiary/aromatic N) is 1. The summed E-state index contributed by atoms with van der Waals surface area (Å²) in [5.41, 5.74) is 7.97. The predicted octanol–water partition coefficient (Wildman–Crippen LogP) is 3.43. The molecule has 2 N–H and O–H groups in total. The van der Waals surface area contributed by atoms with Crippen LogP contribution in [0.1, 0.15) is 40.0 Å². The maximum atomic E-state index is 5.98. The van der Waals surface area contributed by atoms with Crippen LogP contribution in [0.2, 0.25) is 0 Å². The van der Waals surface area contributed by atoms with Gasteiger partial charge in [0.25, 0.3) is 0 Å². The monoisotopic (exact) mass is 248 g/mol. The van der Waals surface area contributed by atoms with Crippen molar-refractivity contribution in [2.45, 2.75) is 52.2 Å². The van der Waals surface area contributed by atoms with Crippen molar-refractivity contribution in [2.75, 3.05) is 17.2 Å². The summed E-state index contributed by atoms with van der Waals surface area (Å²) in [4.78, 5) is 2.46. The van der Waals surface area contributed by atoms with Crippen LogP contribution in [0.3, 0.4) is 0 Å². The van der Waals surface area contributed by atoms with Crippen LogP contribution >= 0.6 is 0 Å². The van der Waals surface area contributed by atoms with Gasteiger partial charge in [0.15, 0.2) is 0 Å². The topological polar surface area (TPSA) is 38.5 Å². The van der Waals surface area contributed by atoms with E-state index in [4.69, 9.17) is 10.5 Å². The quantitative estimate of drug-likeness (QED) is 0.830. The summed E-state index contributed by atoms with van der Waals surface area (Å²) in [7, 11) is 0. The fourth-order valence-corrected chi connectivity index (χ4v) is 2.71. The second kappa shape index (κ2) is 5.51. The third kappa shape index (κ3) is 2.89. The molecule has 2 rings (SSSR count). The van der Waals surface area contributed by atoms with Crippen molar-refractivity contribution in [1.82, 2.24) is 0 Å². The molecule has 1 aliphatic rings. The molecule has 1 aromatic rings. The molecule has 1 atom stereocenters. The highest BCUT2D eigenvalue weighted by molar-refractivity contribution is 5.61. The highest BCUT2D eigenvalue weighted by Crippen LogP contribution is 2.32. The van der Waals surface area contributed by atoms with E-state index in [2.05, 4.69) is 24.0 Å². The van der Waals surface area contributed by atoms with E-state index in [1.807, 2.05) is 19.9 Å². The summed E-state index contributed by atoms with van der Waals surface area (Å²) in [6, 6.07) is 6.73. The molecule has 0 bridgehead atoms. The molecule has 1 fully saturated rings. The summed E-state index contributed by atoms with van der Waals surface area (Å²) >= 11 is 0. The lowest BCUT2D eigenvalue weighted by Crippen LogP contribution is -2.28. The van der Waals surface area contributed by atoms with Crippen LogP contribution in [-0.4, -0.2) is 18.7 Å². The molecule has 0 aliphatic carbocycles. The average Bonchev–Trinajstić information content (AvgIpc) is 2.75. The highest BCUT2D eigenvalue weighted by atomic mass is 16.5. The van der Waals surface area contributed by atoms with Crippen LogP contribution in [0.25, 0.3) is 0 Å². The van der Waals surface area contributed by atoms with Crippen LogP contribution in [0.5, 0.6) is 5.75 Å². The number of nitrogen functional groups attached to an aromatic ring is 1. The minimum atomic E-state index is 0.181. The zero-order valence-corrected chi connectivity index (χ0v) is 11.6. The molecule has 0 spiro atoms. The Morgan fingerprint density at radius 1 is 1.39 bits per heavy atom. The standard InChI is InChI=1S/C15H24N2O/c1-4-13-6-5-7-17(13)14-8-12(16)9-15(10-14)18-11(2)3/h8-11,13H,4-7,16H2,1-3H3. The van der Waals surface area contributed by atoms with Gasteiger partial charge in [-0.25, -0.2) is 0 Å². The maximum absolute atomic E-state index is 5.98. The molecule has 3 heteroatoms. The van der Waals surface area contributed by atoms with Gasteiger partial charge in [0.05, 0.1) is 6.10 Å². The van der Waals surface area contributed by atoms with E-state index < -0.39 is 0 Å². The van der Waals surface area contributed by atoms with Crippen LogP contribution in [0, 0.1) is 0 Å². The Kier molecular flexibility index (Phi) is 4.00. The molecule has 0 aromatic heterocycles. The van der Waals surface area contributed by atoms with E-state index in [1.54, 1.807) is 0 Å². The molecule has 1 saturated heterocycles. The SMILES string of the molecule is CCC1CCCN1c1cc(N)cc(OC(C)C)c1. The second-order valence-corrected chi connectivity index (χ2v) is 5.32. The number of ether oxygens (including phenoxy) is 1. The third-order valence-corrected chi connectivity index (χ3v) is 3.47. The Morgan fingerprint density at radius 2 is 2.17 bits per heavy atom. The first-order chi connectivity index (χ1) is 8.60. The van der Waals surface area contributed by atoms with Gasteiger partial charge in [-0.15, -0.1) is 0 Å². The van der Waals surface area contributed by atoms with Crippen molar-refractivity contribution in [1.29, 1.82) is 0 Å². The molecule has 1 heterocycles. The predicted molar refractivity (Wildman–Crippen MR) is 77.3 cm³/mol. The van der Waals surface area contributed by atoms with Crippen LogP contribution in [-0.2, 0) is 0 Å². The minimum Gasteiger partial charge on any atom is -0.491 e. The van der Waals surface area contributed by atoms with E-state index >= 15 is 0 Å². The molecule has 100 valence electrons. The molecule has 0 saturated carbocycles. The van der Waals surface area contributed by atoms with Gasteiger partial charge >= 0.3 is 0 Å². The maximum Gasteiger partial charge on any atom is 0.123 e. The molecular weight excluding hydrogens is 224 g/mol. The van der Waals surface area contributed by atoms with Crippen molar-refractivity contribution in [3.63, 3.8) is 0 Å². The van der Waals surface area contributed by atoms with E-state index in [0.717, 1.165) is 18.0 Å². The van der Waals surface area contributed by atoms with E-state index in [9.17, 15) is 0 Å². The fraction of sp³-hybridized carbons (Fsp3) is 0.600. The lowest BCUT2D eigenvalue weighted by Gasteiger charge is -2.27. The van der Waals surface area contributed by atoms with Crippen molar-refractivity contribution >= 4 is 11.4 Å². The largest absolute Gasteiger partial charge is 0.491 e. The molecule has 1 aliphatic heterocycles. The van der Waals surface area contributed by atoms with Crippen LogP contribution < -0.4 is 15.4 Å². The first-order valence-electron chi connectivity index (χ1n) is 6.94. The van der Waals surface area contributed by atoms with Gasteiger partial charge in [0.2, 0.25) is 0 Å². The van der Waals surface area contributed by atoms with Gasteiger partial charge in [-0.05, 0) is 39.2 Å². The Balaban J connectivity index is 2.24. The number of hydrogen-bond donors (Lipinski definition) is 1. The Hall–Kier alpha value is -1.38. The lowest BCUT2D eigenvalue weighted by atomic mass is 10.1. The Morgan fingerprint density at radius 3 is 2.83 bits per heavy atom. The number of rotatable bonds is 4. The normalized spacial score (nSPS) is 19.6. The van der Waals surface area contributed by atoms with Crippen molar-refractivity contribution in [3.8, 4) is 5.75 Å². The van der Waals surface area contributed by atoms with Crippen LogP contribution in [0.4, 0.5) is 11.4 Å². The van der Waals surface area contributed by atoms with Gasteiger partial charge < -0.3 is 15.4 Å². The molecular formula is C15H24N2O. The molecule has 3 nitrogen and oxygen atoms in total. The van der Waals surface area contributed by atoms with Gasteiger partial charge in [-0.2, -0.15) is 0 Å². The fourth-order valence-electron chi connectivity index (χ4n) is 2.71. The van der Waals surface area contributed by atoms with Gasteiger partial charge in [-0.1, -0.05) is 6.92 Å². The molecule has 1 unspecified atom stereocenters. The number of benzene rings is 1. The Labute approximate surface area is 110 Å². The summed E-state index contributed by atoms with van der Waals surface area (Å²) in [6.07, 6.45) is 3.93. The number of anilines is 2. The van der Waals surface area contributed by atoms with Gasteiger partial charge in [0.1, 0.15) is 5.75 Å². The average molecular weight is 248 g/mol. The van der Waals surface area contributed by atoms with Crippen molar-refractivity contribution in [2.24, 2.45) is 0 Å². The molecule has 0 radical (unpaired) electrons. The first kappa shape index (κ1) is 13.1. The lowest BCUT2D eigenvalue weighted by molar-refractivity contribution is 0.242. The van der Waals surface area contributed by atoms with Gasteiger partial charge in [0, 0.05) is 36.1 Å². The second-order valence-electron chi connectivity index (χ2n) is 5.32. The summed E-state index contributed by atoms with van der Waals surface area (Å²) in [5, 5.41) is 0. The molecule has 0 amide bonds. The highest BCUT2D eigenvalue weighted by Gasteiger charge is 2.23. The Bertz CT molecular complexity index is 403. The number of hydrogen-bond acceptors (Lipinski definition) is 3. The first-order valence-corrected chi connectivity index (χ1v) is 6.94. The summed E-state index contributed by atoms with van der Waals surface area (Å²) in [6.45, 7) is 7.45. The van der Waals surface area contributed by atoms with E-state index in [0.29, 0.717) is 6.04 Å². The molecule has 1 aromatic carbocycles. The minimum absolute atomic E-state index is 0.181. The summed E-state index contributed by atoms with van der Waals surface area (Å²) in [5.74, 6) is 0.877. The van der Waals surface area contributed by atoms with Crippen LogP contribution in [0.15, 0.2) is 18.2 Å². The third-order valence-electron chi connectivity index (χ3n) is 3.47. The smallest absolute Gasteiger partial charge is 0.123 e. The molecule has 18 heavy (non-hydrogen) atoms. The van der Waals surface area contributed by atoms with Gasteiger partial charge in [-0.3, -0.25) is 0 Å². The zero-order valence-electron chi connectivity index (χ0n) is 11.6. The van der Waals surface area contributed by atoms with E-state index in [1.165, 1.54) is 24.9 Å². The number of nitrogens with two attached hydrogens (primary N) is 1. The van der Waals surface area contributed by atoms with Crippen molar-refractivity contribution < 1.29 is 4.74 Å². The zero-order chi connectivity index (χ0) is 13.1. The van der Waals surface area contributed by atoms with E-state index in [-0.39, 0.29) is 6.10 Å².